The summed E-state index contributed by atoms with van der Waals surface area (Å²) in [7, 11) is 3.43. The first-order valence-corrected chi connectivity index (χ1v) is 18.5. The summed E-state index contributed by atoms with van der Waals surface area (Å²) >= 11 is 0. The van der Waals surface area contributed by atoms with Gasteiger partial charge in [0, 0.05) is 48.1 Å². The van der Waals surface area contributed by atoms with Crippen molar-refractivity contribution in [3.63, 3.8) is 0 Å². The Hall–Kier alpha value is -3.91. The summed E-state index contributed by atoms with van der Waals surface area (Å²) in [6, 6.07) is 15.6. The number of aromatic nitrogens is 2. The van der Waals surface area contributed by atoms with Crippen molar-refractivity contribution in [1.82, 2.24) is 15.1 Å². The van der Waals surface area contributed by atoms with E-state index in [-0.39, 0.29) is 41.7 Å². The van der Waals surface area contributed by atoms with Crippen molar-refractivity contribution < 1.29 is 19.1 Å². The lowest BCUT2D eigenvalue weighted by molar-refractivity contribution is -0.133. The van der Waals surface area contributed by atoms with Crippen LogP contribution in [0.3, 0.4) is 0 Å². The molecule has 8 nitrogen and oxygen atoms in total. The van der Waals surface area contributed by atoms with E-state index in [2.05, 4.69) is 77.3 Å². The van der Waals surface area contributed by atoms with Crippen LogP contribution < -0.4 is 15.0 Å². The number of nitrogens with one attached hydrogen (secondary N) is 1. The third kappa shape index (κ3) is 7.35. The number of anilines is 1. The molecule has 49 heavy (non-hydrogen) atoms. The lowest BCUT2D eigenvalue weighted by Gasteiger charge is -2.38. The van der Waals surface area contributed by atoms with E-state index in [9.17, 15) is 9.59 Å². The maximum atomic E-state index is 14.6. The number of rotatable bonds is 11. The number of benzene rings is 2. The first-order valence-electron chi connectivity index (χ1n) is 18.5. The monoisotopic (exact) mass is 664 g/mol. The second kappa shape index (κ2) is 14.5. The fourth-order valence-corrected chi connectivity index (χ4v) is 8.34. The second-order valence-electron chi connectivity index (χ2n) is 15.0. The minimum atomic E-state index is -0.105. The average Bonchev–Trinajstić information content (AvgIpc) is 3.84. The van der Waals surface area contributed by atoms with Crippen molar-refractivity contribution in [2.45, 2.75) is 108 Å². The van der Waals surface area contributed by atoms with Gasteiger partial charge in [-0.2, -0.15) is 5.10 Å². The molecule has 3 aromatic rings. The molecule has 1 aromatic heterocycles. The largest absolute Gasteiger partial charge is 0.496 e. The van der Waals surface area contributed by atoms with Gasteiger partial charge < -0.3 is 14.8 Å². The molecule has 1 heterocycles. The van der Waals surface area contributed by atoms with Crippen LogP contribution in [-0.4, -0.2) is 48.0 Å². The molecular weight excluding hydrogens is 612 g/mol. The van der Waals surface area contributed by atoms with E-state index in [1.807, 2.05) is 11.1 Å². The SMILES string of the molecule is C=C(C1CCC(c2ccc(OC)c(C)c2)CC1)N(C(=O)C1CCC(NC(=O)C2CC(OC)C2)CC1)c1cccc(-c2cnn(C3CC3)c2)c1. The highest BCUT2D eigenvalue weighted by atomic mass is 16.5. The maximum Gasteiger partial charge on any atom is 0.234 e. The van der Waals surface area contributed by atoms with Crippen LogP contribution in [0.5, 0.6) is 5.75 Å². The number of aryl methyl sites for hydroxylation is 1. The Morgan fingerprint density at radius 1 is 0.878 bits per heavy atom. The Kier molecular flexibility index (Phi) is 9.95. The number of hydrogen-bond acceptors (Lipinski definition) is 5. The lowest BCUT2D eigenvalue weighted by Crippen LogP contribution is -2.47. The third-order valence-corrected chi connectivity index (χ3v) is 11.8. The molecular formula is C41H52N4O4. The van der Waals surface area contributed by atoms with E-state index in [4.69, 9.17) is 9.47 Å². The van der Waals surface area contributed by atoms with Crippen molar-refractivity contribution in [1.29, 1.82) is 0 Å². The topological polar surface area (TPSA) is 85.7 Å². The molecule has 7 rings (SSSR count). The molecule has 0 radical (unpaired) electrons. The van der Waals surface area contributed by atoms with Crippen molar-refractivity contribution in [2.75, 3.05) is 19.1 Å². The molecule has 8 heteroatoms. The smallest absolute Gasteiger partial charge is 0.234 e. The minimum absolute atomic E-state index is 0.0515. The van der Waals surface area contributed by atoms with Gasteiger partial charge in [-0.1, -0.05) is 30.8 Å². The molecule has 0 atom stereocenters. The van der Waals surface area contributed by atoms with E-state index in [1.54, 1.807) is 14.2 Å². The third-order valence-electron chi connectivity index (χ3n) is 11.8. The van der Waals surface area contributed by atoms with Crippen molar-refractivity contribution in [3.05, 3.63) is 78.3 Å². The van der Waals surface area contributed by atoms with E-state index in [1.165, 1.54) is 24.0 Å². The standard InChI is InChI=1S/C41H52N4O4/c1-26-20-32(14-19-39(26)49-4)29-10-8-28(9-11-29)27(2)45(37-7-5-6-31(21-37)34-24-42-44(25-34)36-17-18-36)41(47)30-12-15-35(16-13-30)43-40(46)33-22-38(23-33)48-3/h5-7,14,19-21,24-25,28-30,33,35-36,38H,2,8-13,15-18,22-23H2,1,3-4H3,(H,43,46). The van der Waals surface area contributed by atoms with E-state index < -0.39 is 0 Å². The maximum absolute atomic E-state index is 14.6. The van der Waals surface area contributed by atoms with Gasteiger partial charge in [-0.15, -0.1) is 0 Å². The van der Waals surface area contributed by atoms with E-state index in [0.29, 0.717) is 12.0 Å². The summed E-state index contributed by atoms with van der Waals surface area (Å²) in [6.07, 6.45) is 15.5. The van der Waals surface area contributed by atoms with Crippen LogP contribution in [0.15, 0.2) is 67.1 Å². The summed E-state index contributed by atoms with van der Waals surface area (Å²) in [4.78, 5) is 29.4. The summed E-state index contributed by atoms with van der Waals surface area (Å²) in [6.45, 7) is 6.76. The normalized spacial score (nSPS) is 26.8. The van der Waals surface area contributed by atoms with Gasteiger partial charge in [0.25, 0.3) is 0 Å². The van der Waals surface area contributed by atoms with Gasteiger partial charge in [0.05, 0.1) is 25.5 Å². The van der Waals surface area contributed by atoms with Crippen LogP contribution in [0.1, 0.15) is 100 Å². The first-order chi connectivity index (χ1) is 23.8. The van der Waals surface area contributed by atoms with Crippen LogP contribution in [-0.2, 0) is 14.3 Å². The predicted octanol–water partition coefficient (Wildman–Crippen LogP) is 8.12. The molecule has 260 valence electrons. The van der Waals surface area contributed by atoms with Crippen LogP contribution in [0.25, 0.3) is 11.1 Å². The number of carbonyl (C=O) groups excluding carboxylic acids is 2. The number of hydrogen-bond donors (Lipinski definition) is 1. The Morgan fingerprint density at radius 3 is 2.29 bits per heavy atom. The fraction of sp³-hybridized carbons (Fsp3) is 0.537. The molecule has 2 aromatic carbocycles. The van der Waals surface area contributed by atoms with Crippen LogP contribution in [0.2, 0.25) is 0 Å². The lowest BCUT2D eigenvalue weighted by atomic mass is 9.76. The Labute approximate surface area is 291 Å². The summed E-state index contributed by atoms with van der Waals surface area (Å²) in [5.74, 6) is 1.87. The average molecular weight is 665 g/mol. The highest BCUT2D eigenvalue weighted by Gasteiger charge is 2.38. The van der Waals surface area contributed by atoms with E-state index in [0.717, 1.165) is 92.5 Å². The van der Waals surface area contributed by atoms with Gasteiger partial charge in [-0.05, 0) is 131 Å². The molecule has 4 aliphatic carbocycles. The summed E-state index contributed by atoms with van der Waals surface area (Å²) < 4.78 is 12.9. The Bertz CT molecular complexity index is 1660. The van der Waals surface area contributed by atoms with Gasteiger partial charge in [0.1, 0.15) is 5.75 Å². The molecule has 4 saturated carbocycles. The summed E-state index contributed by atoms with van der Waals surface area (Å²) in [5.41, 5.74) is 6.46. The van der Waals surface area contributed by atoms with Crippen LogP contribution in [0, 0.1) is 24.7 Å². The number of nitrogens with zero attached hydrogens (tertiary/aromatic N) is 3. The minimum Gasteiger partial charge on any atom is -0.496 e. The van der Waals surface area contributed by atoms with Gasteiger partial charge in [-0.3, -0.25) is 19.2 Å². The molecule has 4 aliphatic rings. The van der Waals surface area contributed by atoms with Gasteiger partial charge in [-0.25, -0.2) is 0 Å². The molecule has 2 amide bonds. The van der Waals surface area contributed by atoms with Crippen LogP contribution in [0.4, 0.5) is 5.69 Å². The van der Waals surface area contributed by atoms with Gasteiger partial charge >= 0.3 is 0 Å². The summed E-state index contributed by atoms with van der Waals surface area (Å²) in [5, 5.41) is 7.90. The molecule has 4 fully saturated rings. The quantitative estimate of drug-likeness (QED) is 0.224. The number of ether oxygens (including phenoxy) is 2. The molecule has 0 aliphatic heterocycles. The zero-order chi connectivity index (χ0) is 34.1. The van der Waals surface area contributed by atoms with Crippen molar-refractivity contribution in [2.24, 2.45) is 17.8 Å². The molecule has 1 N–H and O–H groups in total. The Morgan fingerprint density at radius 2 is 1.61 bits per heavy atom. The number of amides is 2. The molecule has 0 bridgehead atoms. The first kappa shape index (κ1) is 33.6. The fourth-order valence-electron chi connectivity index (χ4n) is 8.34. The number of methoxy groups -OCH3 is 2. The second-order valence-corrected chi connectivity index (χ2v) is 15.0. The predicted molar refractivity (Wildman–Crippen MR) is 192 cm³/mol. The number of carbonyl (C=O) groups is 2. The Balaban J connectivity index is 1.06. The van der Waals surface area contributed by atoms with Gasteiger partial charge in [0.15, 0.2) is 0 Å². The van der Waals surface area contributed by atoms with Crippen molar-refractivity contribution >= 4 is 17.5 Å². The molecule has 0 saturated heterocycles. The van der Waals surface area contributed by atoms with Crippen LogP contribution >= 0.6 is 0 Å². The van der Waals surface area contributed by atoms with E-state index >= 15 is 0 Å². The highest BCUT2D eigenvalue weighted by Crippen LogP contribution is 2.43. The molecule has 0 unspecified atom stereocenters. The van der Waals surface area contributed by atoms with Gasteiger partial charge in [0.2, 0.25) is 11.8 Å². The highest BCUT2D eigenvalue weighted by molar-refractivity contribution is 5.98. The zero-order valence-electron chi connectivity index (χ0n) is 29.4. The number of allylic oxidation sites excluding steroid dienone is 1. The van der Waals surface area contributed by atoms with Crippen molar-refractivity contribution in [3.8, 4) is 16.9 Å². The zero-order valence-corrected chi connectivity index (χ0v) is 29.4. The molecule has 0 spiro atoms.